The van der Waals surface area contributed by atoms with E-state index in [9.17, 15) is 14.0 Å². The van der Waals surface area contributed by atoms with E-state index in [0.717, 1.165) is 31.5 Å². The second-order valence-corrected chi connectivity index (χ2v) is 9.39. The van der Waals surface area contributed by atoms with Gasteiger partial charge in [0.25, 0.3) is 0 Å². The minimum Gasteiger partial charge on any atom is -0.490 e. The van der Waals surface area contributed by atoms with Crippen LogP contribution in [0, 0.1) is 11.7 Å². The van der Waals surface area contributed by atoms with Crippen LogP contribution in [0.15, 0.2) is 48.5 Å². The number of rotatable bonds is 6. The van der Waals surface area contributed by atoms with Gasteiger partial charge in [-0.3, -0.25) is 9.59 Å². The smallest absolute Gasteiger partial charge is 0.227 e. The van der Waals surface area contributed by atoms with Crippen molar-refractivity contribution in [3.05, 3.63) is 64.9 Å². The van der Waals surface area contributed by atoms with E-state index >= 15 is 0 Å². The van der Waals surface area contributed by atoms with Crippen molar-refractivity contribution in [1.29, 1.82) is 0 Å². The Bertz CT molecular complexity index is 962. The number of ether oxygens (including phenoxy) is 1. The summed E-state index contributed by atoms with van der Waals surface area (Å²) < 4.78 is 19.5. The SMILES string of the molecule is O=C(C[C@H]1CN(C(=O)Cc2ccc(F)cc2)CC[C@@H]1Oc1cccc(Cl)c1)N1CCCCC1. The van der Waals surface area contributed by atoms with Crippen LogP contribution < -0.4 is 4.74 Å². The Labute approximate surface area is 199 Å². The van der Waals surface area contributed by atoms with E-state index in [4.69, 9.17) is 16.3 Å². The molecule has 176 valence electrons. The number of amides is 2. The molecule has 2 heterocycles. The molecule has 5 nitrogen and oxygen atoms in total. The number of nitrogens with zero attached hydrogens (tertiary/aromatic N) is 2. The average Bonchev–Trinajstić information content (AvgIpc) is 2.82. The van der Waals surface area contributed by atoms with Crippen LogP contribution in [0.1, 0.15) is 37.7 Å². The highest BCUT2D eigenvalue weighted by Crippen LogP contribution is 2.28. The first-order valence-corrected chi connectivity index (χ1v) is 12.1. The molecule has 0 radical (unpaired) electrons. The molecule has 2 aromatic rings. The van der Waals surface area contributed by atoms with Gasteiger partial charge < -0.3 is 14.5 Å². The lowest BCUT2D eigenvalue weighted by Crippen LogP contribution is -2.50. The first kappa shape index (κ1) is 23.6. The summed E-state index contributed by atoms with van der Waals surface area (Å²) in [5.41, 5.74) is 0.777. The van der Waals surface area contributed by atoms with Crippen molar-refractivity contribution in [2.45, 2.75) is 44.6 Å². The molecule has 2 aromatic carbocycles. The van der Waals surface area contributed by atoms with Gasteiger partial charge >= 0.3 is 0 Å². The van der Waals surface area contributed by atoms with Gasteiger partial charge in [0.05, 0.1) is 6.42 Å². The van der Waals surface area contributed by atoms with E-state index in [1.165, 1.54) is 18.6 Å². The number of carbonyl (C=O) groups excluding carboxylic acids is 2. The summed E-state index contributed by atoms with van der Waals surface area (Å²) in [6.07, 6.45) is 4.28. The predicted octanol–water partition coefficient (Wildman–Crippen LogP) is 4.72. The van der Waals surface area contributed by atoms with Gasteiger partial charge in [-0.1, -0.05) is 29.8 Å². The third-order valence-corrected chi connectivity index (χ3v) is 6.75. The van der Waals surface area contributed by atoms with Crippen molar-refractivity contribution in [1.82, 2.24) is 9.80 Å². The Balaban J connectivity index is 1.44. The standard InChI is InChI=1S/C26H30ClFN2O3/c27-21-5-4-6-23(17-21)33-24-11-14-30(25(31)15-19-7-9-22(28)10-8-19)18-20(24)16-26(32)29-12-2-1-3-13-29/h4-10,17,20,24H,1-3,11-16,18H2/t20-,24-/m0/s1. The van der Waals surface area contributed by atoms with Gasteiger partial charge in [-0.25, -0.2) is 4.39 Å². The largest absolute Gasteiger partial charge is 0.490 e. The van der Waals surface area contributed by atoms with Gasteiger partial charge in [-0.15, -0.1) is 0 Å². The lowest BCUT2D eigenvalue weighted by atomic mass is 9.90. The van der Waals surface area contributed by atoms with Crippen molar-refractivity contribution >= 4 is 23.4 Å². The highest BCUT2D eigenvalue weighted by molar-refractivity contribution is 6.30. The van der Waals surface area contributed by atoms with Crippen molar-refractivity contribution in [2.75, 3.05) is 26.2 Å². The molecule has 33 heavy (non-hydrogen) atoms. The number of piperidine rings is 2. The summed E-state index contributed by atoms with van der Waals surface area (Å²) in [6, 6.07) is 13.3. The van der Waals surface area contributed by atoms with Gasteiger partial charge in [0.15, 0.2) is 0 Å². The number of carbonyl (C=O) groups is 2. The molecule has 4 rings (SSSR count). The molecular formula is C26H30ClFN2O3. The Morgan fingerprint density at radius 2 is 1.73 bits per heavy atom. The summed E-state index contributed by atoms with van der Waals surface area (Å²) in [6.45, 7) is 2.63. The first-order chi connectivity index (χ1) is 16.0. The summed E-state index contributed by atoms with van der Waals surface area (Å²) in [5.74, 6) is 0.366. The zero-order valence-electron chi connectivity index (χ0n) is 18.7. The minimum absolute atomic E-state index is 0.0155. The highest BCUT2D eigenvalue weighted by atomic mass is 35.5. The zero-order valence-corrected chi connectivity index (χ0v) is 19.5. The van der Waals surface area contributed by atoms with Crippen LogP contribution in [0.5, 0.6) is 5.75 Å². The van der Waals surface area contributed by atoms with Crippen LogP contribution in [-0.2, 0) is 16.0 Å². The monoisotopic (exact) mass is 472 g/mol. The molecule has 0 bridgehead atoms. The molecule has 0 spiro atoms. The minimum atomic E-state index is -0.318. The summed E-state index contributed by atoms with van der Waals surface area (Å²) in [4.78, 5) is 29.8. The molecule has 0 saturated carbocycles. The molecule has 0 aromatic heterocycles. The first-order valence-electron chi connectivity index (χ1n) is 11.7. The molecule has 2 aliphatic heterocycles. The normalized spacial score (nSPS) is 21.0. The van der Waals surface area contributed by atoms with E-state index < -0.39 is 0 Å². The maximum atomic E-state index is 13.2. The third-order valence-electron chi connectivity index (χ3n) is 6.51. The van der Waals surface area contributed by atoms with Crippen LogP contribution in [-0.4, -0.2) is 53.9 Å². The molecule has 2 aliphatic rings. The van der Waals surface area contributed by atoms with Gasteiger partial charge in [0.2, 0.25) is 11.8 Å². The molecule has 0 unspecified atom stereocenters. The Kier molecular flexibility index (Phi) is 7.86. The predicted molar refractivity (Wildman–Crippen MR) is 126 cm³/mol. The molecule has 2 fully saturated rings. The maximum absolute atomic E-state index is 13.2. The quantitative estimate of drug-likeness (QED) is 0.611. The molecule has 0 aliphatic carbocycles. The molecular weight excluding hydrogens is 443 g/mol. The molecule has 0 N–H and O–H groups in total. The van der Waals surface area contributed by atoms with Crippen molar-refractivity contribution in [2.24, 2.45) is 5.92 Å². The number of halogens is 2. The molecule has 2 amide bonds. The lowest BCUT2D eigenvalue weighted by molar-refractivity contribution is -0.139. The van der Waals surface area contributed by atoms with Crippen LogP contribution in [0.25, 0.3) is 0 Å². The average molecular weight is 473 g/mol. The Hall–Kier alpha value is -2.60. The Morgan fingerprint density at radius 1 is 0.970 bits per heavy atom. The van der Waals surface area contributed by atoms with Crippen molar-refractivity contribution in [3.8, 4) is 5.75 Å². The number of hydrogen-bond donors (Lipinski definition) is 0. The number of hydrogen-bond acceptors (Lipinski definition) is 3. The van der Waals surface area contributed by atoms with Crippen molar-refractivity contribution in [3.63, 3.8) is 0 Å². The molecule has 7 heteroatoms. The van der Waals surface area contributed by atoms with Gasteiger partial charge in [-0.05, 0) is 55.2 Å². The van der Waals surface area contributed by atoms with E-state index in [1.54, 1.807) is 24.3 Å². The fourth-order valence-electron chi connectivity index (χ4n) is 4.69. The summed E-state index contributed by atoms with van der Waals surface area (Å²) in [5, 5.41) is 0.598. The third kappa shape index (κ3) is 6.47. The van der Waals surface area contributed by atoms with Crippen molar-refractivity contribution < 1.29 is 18.7 Å². The van der Waals surface area contributed by atoms with Gasteiger partial charge in [0.1, 0.15) is 17.7 Å². The van der Waals surface area contributed by atoms with Crippen LogP contribution in [0.4, 0.5) is 4.39 Å². The fourth-order valence-corrected chi connectivity index (χ4v) is 4.87. The van der Waals surface area contributed by atoms with Crippen LogP contribution >= 0.6 is 11.6 Å². The topological polar surface area (TPSA) is 49.9 Å². The van der Waals surface area contributed by atoms with Crippen LogP contribution in [0.2, 0.25) is 5.02 Å². The lowest BCUT2D eigenvalue weighted by Gasteiger charge is -2.39. The van der Waals surface area contributed by atoms with E-state index in [0.29, 0.717) is 36.7 Å². The van der Waals surface area contributed by atoms with Gasteiger partial charge in [-0.2, -0.15) is 0 Å². The highest BCUT2D eigenvalue weighted by Gasteiger charge is 2.35. The van der Waals surface area contributed by atoms with E-state index in [1.807, 2.05) is 21.9 Å². The fraction of sp³-hybridized carbons (Fsp3) is 0.462. The van der Waals surface area contributed by atoms with E-state index in [-0.39, 0.29) is 36.1 Å². The van der Waals surface area contributed by atoms with E-state index in [2.05, 4.69) is 0 Å². The molecule has 2 atom stereocenters. The zero-order chi connectivity index (χ0) is 23.2. The molecule has 2 saturated heterocycles. The summed E-state index contributed by atoms with van der Waals surface area (Å²) in [7, 11) is 0. The Morgan fingerprint density at radius 3 is 2.45 bits per heavy atom. The second kappa shape index (κ2) is 11.0. The number of likely N-dealkylation sites (tertiary alicyclic amines) is 2. The second-order valence-electron chi connectivity index (χ2n) is 8.95. The number of benzene rings is 2. The maximum Gasteiger partial charge on any atom is 0.227 e. The van der Waals surface area contributed by atoms with Gasteiger partial charge in [0, 0.05) is 50.0 Å². The van der Waals surface area contributed by atoms with Crippen LogP contribution in [0.3, 0.4) is 0 Å². The summed E-state index contributed by atoms with van der Waals surface area (Å²) >= 11 is 6.12.